The fourth-order valence-corrected chi connectivity index (χ4v) is 2.46. The van der Waals surface area contributed by atoms with Gasteiger partial charge in [0.15, 0.2) is 0 Å². The second-order valence-corrected chi connectivity index (χ2v) is 5.72. The lowest BCUT2D eigenvalue weighted by atomic mass is 10.1. The van der Waals surface area contributed by atoms with Gasteiger partial charge in [0, 0.05) is 6.04 Å². The van der Waals surface area contributed by atoms with E-state index in [1.54, 1.807) is 6.20 Å². The molecule has 1 heterocycles. The summed E-state index contributed by atoms with van der Waals surface area (Å²) in [5.41, 5.74) is 1.06. The summed E-state index contributed by atoms with van der Waals surface area (Å²) in [4.78, 5) is 4.53. The van der Waals surface area contributed by atoms with Crippen LogP contribution in [-0.4, -0.2) is 11.5 Å². The SMILES string of the molecule is CCCNC(CC)c1ccc(Oc2ccccc2Br)cn1. The summed E-state index contributed by atoms with van der Waals surface area (Å²) in [6.07, 6.45) is 3.93. The van der Waals surface area contributed by atoms with E-state index < -0.39 is 0 Å². The molecule has 0 aliphatic rings. The van der Waals surface area contributed by atoms with Gasteiger partial charge in [0.1, 0.15) is 11.5 Å². The highest BCUT2D eigenvalue weighted by Gasteiger charge is 2.10. The Labute approximate surface area is 134 Å². The zero-order valence-electron chi connectivity index (χ0n) is 12.5. The van der Waals surface area contributed by atoms with E-state index in [1.807, 2.05) is 36.4 Å². The molecule has 0 aliphatic carbocycles. The first-order valence-electron chi connectivity index (χ1n) is 7.36. The first-order valence-corrected chi connectivity index (χ1v) is 8.15. The standard InChI is InChI=1S/C17H21BrN2O/c1-3-11-19-15(4-2)16-10-9-13(12-20-16)21-17-8-6-5-7-14(17)18/h5-10,12,15,19H,3-4,11H2,1-2H3. The molecule has 0 spiro atoms. The predicted octanol–water partition coefficient (Wildman–Crippen LogP) is 5.09. The summed E-state index contributed by atoms with van der Waals surface area (Å²) in [5, 5.41) is 3.50. The number of pyridine rings is 1. The molecule has 4 heteroatoms. The molecule has 1 atom stereocenters. The third-order valence-electron chi connectivity index (χ3n) is 3.23. The minimum absolute atomic E-state index is 0.308. The molecular weight excluding hydrogens is 328 g/mol. The van der Waals surface area contributed by atoms with Gasteiger partial charge < -0.3 is 10.1 Å². The Morgan fingerprint density at radius 3 is 2.62 bits per heavy atom. The minimum atomic E-state index is 0.308. The second-order valence-electron chi connectivity index (χ2n) is 4.87. The average Bonchev–Trinajstić information content (AvgIpc) is 2.52. The van der Waals surface area contributed by atoms with Crippen molar-refractivity contribution in [3.8, 4) is 11.5 Å². The average molecular weight is 349 g/mol. The fourth-order valence-electron chi connectivity index (χ4n) is 2.09. The van der Waals surface area contributed by atoms with Crippen molar-refractivity contribution in [2.75, 3.05) is 6.54 Å². The van der Waals surface area contributed by atoms with Crippen molar-refractivity contribution in [1.82, 2.24) is 10.3 Å². The van der Waals surface area contributed by atoms with Gasteiger partial charge in [-0.25, -0.2) is 0 Å². The van der Waals surface area contributed by atoms with Gasteiger partial charge in [-0.15, -0.1) is 0 Å². The maximum Gasteiger partial charge on any atom is 0.145 e. The Bertz CT molecular complexity index is 557. The van der Waals surface area contributed by atoms with Crippen molar-refractivity contribution in [3.63, 3.8) is 0 Å². The van der Waals surface area contributed by atoms with Crippen LogP contribution in [0.4, 0.5) is 0 Å². The number of benzene rings is 1. The summed E-state index contributed by atoms with van der Waals surface area (Å²) < 4.78 is 6.76. The Kier molecular flexibility index (Phi) is 6.21. The third kappa shape index (κ3) is 4.55. The third-order valence-corrected chi connectivity index (χ3v) is 3.88. The van der Waals surface area contributed by atoms with E-state index in [-0.39, 0.29) is 0 Å². The van der Waals surface area contributed by atoms with E-state index in [1.165, 1.54) is 0 Å². The molecule has 112 valence electrons. The molecule has 1 unspecified atom stereocenters. The van der Waals surface area contributed by atoms with Crippen LogP contribution in [0.2, 0.25) is 0 Å². The molecule has 0 saturated heterocycles. The highest BCUT2D eigenvalue weighted by molar-refractivity contribution is 9.10. The molecule has 1 N–H and O–H groups in total. The lowest BCUT2D eigenvalue weighted by Gasteiger charge is -2.16. The molecule has 2 rings (SSSR count). The van der Waals surface area contributed by atoms with Crippen molar-refractivity contribution in [3.05, 3.63) is 52.8 Å². The molecule has 0 aliphatic heterocycles. The Morgan fingerprint density at radius 1 is 1.19 bits per heavy atom. The minimum Gasteiger partial charge on any atom is -0.455 e. The molecule has 1 aromatic carbocycles. The first kappa shape index (κ1) is 16.0. The van der Waals surface area contributed by atoms with Crippen LogP contribution in [0.5, 0.6) is 11.5 Å². The number of hydrogen-bond donors (Lipinski definition) is 1. The highest BCUT2D eigenvalue weighted by atomic mass is 79.9. The van der Waals surface area contributed by atoms with Crippen LogP contribution < -0.4 is 10.1 Å². The molecule has 0 bridgehead atoms. The van der Waals surface area contributed by atoms with E-state index in [9.17, 15) is 0 Å². The van der Waals surface area contributed by atoms with Gasteiger partial charge >= 0.3 is 0 Å². The van der Waals surface area contributed by atoms with Crippen LogP contribution in [0.3, 0.4) is 0 Å². The molecule has 0 saturated carbocycles. The number of halogens is 1. The number of hydrogen-bond acceptors (Lipinski definition) is 3. The fraction of sp³-hybridized carbons (Fsp3) is 0.353. The van der Waals surface area contributed by atoms with Gasteiger partial charge in [0.2, 0.25) is 0 Å². The van der Waals surface area contributed by atoms with Crippen molar-refractivity contribution in [2.45, 2.75) is 32.7 Å². The number of aromatic nitrogens is 1. The van der Waals surface area contributed by atoms with Crippen molar-refractivity contribution in [1.29, 1.82) is 0 Å². The predicted molar refractivity (Wildman–Crippen MR) is 89.8 cm³/mol. The molecule has 0 fully saturated rings. The lowest BCUT2D eigenvalue weighted by molar-refractivity contribution is 0.471. The van der Waals surface area contributed by atoms with E-state index in [4.69, 9.17) is 4.74 Å². The van der Waals surface area contributed by atoms with Crippen LogP contribution in [0, 0.1) is 0 Å². The van der Waals surface area contributed by atoms with E-state index >= 15 is 0 Å². The van der Waals surface area contributed by atoms with Gasteiger partial charge in [-0.2, -0.15) is 0 Å². The lowest BCUT2D eigenvalue weighted by Crippen LogP contribution is -2.22. The van der Waals surface area contributed by atoms with E-state index in [0.29, 0.717) is 6.04 Å². The Morgan fingerprint density at radius 2 is 2.00 bits per heavy atom. The molecular formula is C17H21BrN2O. The van der Waals surface area contributed by atoms with E-state index in [0.717, 1.165) is 41.1 Å². The zero-order valence-corrected chi connectivity index (χ0v) is 14.1. The maximum atomic E-state index is 5.83. The van der Waals surface area contributed by atoms with Crippen LogP contribution in [-0.2, 0) is 0 Å². The van der Waals surface area contributed by atoms with Crippen LogP contribution in [0.15, 0.2) is 47.1 Å². The zero-order chi connectivity index (χ0) is 15.1. The quantitative estimate of drug-likeness (QED) is 0.756. The number of rotatable bonds is 7. The van der Waals surface area contributed by atoms with Crippen molar-refractivity contribution in [2.24, 2.45) is 0 Å². The summed E-state index contributed by atoms with van der Waals surface area (Å²) in [5.74, 6) is 1.54. The molecule has 21 heavy (non-hydrogen) atoms. The van der Waals surface area contributed by atoms with Gasteiger partial charge in [-0.3, -0.25) is 4.98 Å². The smallest absolute Gasteiger partial charge is 0.145 e. The first-order chi connectivity index (χ1) is 10.2. The van der Waals surface area contributed by atoms with Gasteiger partial charge in [-0.1, -0.05) is 26.0 Å². The number of ether oxygens (including phenoxy) is 1. The number of nitrogens with one attached hydrogen (secondary N) is 1. The topological polar surface area (TPSA) is 34.1 Å². The van der Waals surface area contributed by atoms with Crippen molar-refractivity contribution < 1.29 is 4.74 Å². The monoisotopic (exact) mass is 348 g/mol. The summed E-state index contributed by atoms with van der Waals surface area (Å²) >= 11 is 3.48. The number of nitrogens with zero attached hydrogens (tertiary/aromatic N) is 1. The number of para-hydroxylation sites is 1. The maximum absolute atomic E-state index is 5.83. The van der Waals surface area contributed by atoms with Gasteiger partial charge in [0.25, 0.3) is 0 Å². The van der Waals surface area contributed by atoms with Gasteiger partial charge in [-0.05, 0) is 59.6 Å². The largest absolute Gasteiger partial charge is 0.455 e. The molecule has 1 aromatic heterocycles. The molecule has 0 amide bonds. The Balaban J connectivity index is 2.06. The summed E-state index contributed by atoms with van der Waals surface area (Å²) in [6, 6.07) is 12.1. The Hall–Kier alpha value is -1.39. The van der Waals surface area contributed by atoms with Crippen molar-refractivity contribution >= 4 is 15.9 Å². The molecule has 3 nitrogen and oxygen atoms in total. The normalized spacial score (nSPS) is 12.1. The van der Waals surface area contributed by atoms with Crippen LogP contribution in [0.1, 0.15) is 38.4 Å². The molecule has 0 radical (unpaired) electrons. The van der Waals surface area contributed by atoms with Gasteiger partial charge in [0.05, 0.1) is 16.4 Å². The summed E-state index contributed by atoms with van der Waals surface area (Å²) in [7, 11) is 0. The summed E-state index contributed by atoms with van der Waals surface area (Å²) in [6.45, 7) is 5.34. The van der Waals surface area contributed by atoms with E-state index in [2.05, 4.69) is 40.1 Å². The second kappa shape index (κ2) is 8.15. The highest BCUT2D eigenvalue weighted by Crippen LogP contribution is 2.29. The van der Waals surface area contributed by atoms with Crippen LogP contribution >= 0.6 is 15.9 Å². The molecule has 2 aromatic rings. The van der Waals surface area contributed by atoms with Crippen LogP contribution in [0.25, 0.3) is 0 Å².